The van der Waals surface area contributed by atoms with Gasteiger partial charge in [-0.2, -0.15) is 14.4 Å². The number of sulfonamides is 1. The molecule has 0 spiro atoms. The van der Waals surface area contributed by atoms with E-state index in [2.05, 4.69) is 30.6 Å². The van der Waals surface area contributed by atoms with Gasteiger partial charge >= 0.3 is 0 Å². The summed E-state index contributed by atoms with van der Waals surface area (Å²) in [7, 11) is -3.69. The van der Waals surface area contributed by atoms with Crippen molar-refractivity contribution in [1.29, 1.82) is 0 Å². The SMILES string of the molecule is O=C(Nc1cc(-c2noc(C3CN(S(=O)(=O)c4cc[nH]n4)C3)n2)ccc1F)c1cnc2ccccn12. The van der Waals surface area contributed by atoms with Crippen molar-refractivity contribution in [3.63, 3.8) is 0 Å². The molecule has 6 rings (SSSR count). The minimum absolute atomic E-state index is 0.0583. The number of pyridine rings is 1. The van der Waals surface area contributed by atoms with Crippen molar-refractivity contribution in [2.24, 2.45) is 0 Å². The van der Waals surface area contributed by atoms with Crippen LogP contribution in [0.3, 0.4) is 0 Å². The monoisotopic (exact) mass is 508 g/mol. The summed E-state index contributed by atoms with van der Waals surface area (Å²) in [5, 5.41) is 12.7. The fourth-order valence-electron chi connectivity index (χ4n) is 3.88. The topological polar surface area (TPSA) is 151 Å². The third kappa shape index (κ3) is 3.72. The standard InChI is InChI=1S/C22H17FN8O4S/c23-15-5-4-13(9-16(15)26-21(32)17-10-24-18-3-1-2-8-31(17)18)20-27-22(35-29-20)14-11-30(12-14)36(33,34)19-6-7-25-28-19/h1-10,14H,11-12H2,(H,25,28)(H,26,32). The number of H-pyrrole nitrogens is 1. The quantitative estimate of drug-likeness (QED) is 0.354. The molecular weight excluding hydrogens is 491 g/mol. The molecule has 0 bridgehead atoms. The van der Waals surface area contributed by atoms with Gasteiger partial charge in [0.1, 0.15) is 17.2 Å². The van der Waals surface area contributed by atoms with E-state index in [0.29, 0.717) is 11.2 Å². The second-order valence-electron chi connectivity index (χ2n) is 8.11. The smallest absolute Gasteiger partial charge is 0.274 e. The minimum atomic E-state index is -3.69. The summed E-state index contributed by atoms with van der Waals surface area (Å²) in [4.78, 5) is 21.3. The number of aromatic amines is 1. The Kier molecular flexibility index (Phi) is 5.12. The third-order valence-corrected chi connectivity index (χ3v) is 7.57. The van der Waals surface area contributed by atoms with Gasteiger partial charge in [-0.15, -0.1) is 0 Å². The van der Waals surface area contributed by atoms with E-state index in [0.717, 1.165) is 0 Å². The van der Waals surface area contributed by atoms with E-state index in [4.69, 9.17) is 4.52 Å². The lowest BCUT2D eigenvalue weighted by Crippen LogP contribution is -2.48. The van der Waals surface area contributed by atoms with Gasteiger partial charge in [0.2, 0.25) is 11.7 Å². The molecule has 14 heteroatoms. The van der Waals surface area contributed by atoms with Crippen LogP contribution in [-0.4, -0.2) is 61.4 Å². The number of halogens is 1. The number of hydrogen-bond donors (Lipinski definition) is 2. The summed E-state index contributed by atoms with van der Waals surface area (Å²) in [5.41, 5.74) is 1.19. The number of nitrogens with zero attached hydrogens (tertiary/aromatic N) is 6. The number of nitrogens with one attached hydrogen (secondary N) is 2. The van der Waals surface area contributed by atoms with Crippen LogP contribution in [0.4, 0.5) is 10.1 Å². The first-order chi connectivity index (χ1) is 17.4. The van der Waals surface area contributed by atoms with Crippen LogP contribution in [0.5, 0.6) is 0 Å². The highest BCUT2D eigenvalue weighted by atomic mass is 32.2. The number of fused-ring (bicyclic) bond motifs is 1. The van der Waals surface area contributed by atoms with E-state index in [1.807, 2.05) is 0 Å². The maximum absolute atomic E-state index is 14.5. The maximum Gasteiger partial charge on any atom is 0.274 e. The van der Waals surface area contributed by atoms with Crippen LogP contribution in [0.1, 0.15) is 22.3 Å². The largest absolute Gasteiger partial charge is 0.339 e. The van der Waals surface area contributed by atoms with Gasteiger partial charge in [0.25, 0.3) is 15.9 Å². The summed E-state index contributed by atoms with van der Waals surface area (Å²) in [6.07, 6.45) is 4.53. The van der Waals surface area contributed by atoms with Crippen LogP contribution in [0.2, 0.25) is 0 Å². The molecule has 5 heterocycles. The Balaban J connectivity index is 1.18. The van der Waals surface area contributed by atoms with E-state index in [-0.39, 0.29) is 47.1 Å². The number of carbonyl (C=O) groups excluding carboxylic acids is 1. The molecule has 1 aromatic carbocycles. The van der Waals surface area contributed by atoms with E-state index < -0.39 is 21.7 Å². The fraction of sp³-hybridized carbons (Fsp3) is 0.136. The first-order valence-corrected chi connectivity index (χ1v) is 12.2. The number of hydrogen-bond acceptors (Lipinski definition) is 8. The van der Waals surface area contributed by atoms with Crippen molar-refractivity contribution in [3.05, 3.63) is 78.5 Å². The van der Waals surface area contributed by atoms with Crippen molar-refractivity contribution in [1.82, 2.24) is 34.0 Å². The molecule has 2 N–H and O–H groups in total. The Hall–Kier alpha value is -4.43. The van der Waals surface area contributed by atoms with Gasteiger partial charge in [0.05, 0.1) is 17.8 Å². The number of anilines is 1. The van der Waals surface area contributed by atoms with Gasteiger partial charge < -0.3 is 9.84 Å². The normalized spacial score (nSPS) is 14.7. The van der Waals surface area contributed by atoms with Crippen molar-refractivity contribution in [2.45, 2.75) is 10.9 Å². The predicted octanol–water partition coefficient (Wildman–Crippen LogP) is 2.29. The van der Waals surface area contributed by atoms with Gasteiger partial charge in [0.15, 0.2) is 5.03 Å². The summed E-state index contributed by atoms with van der Waals surface area (Å²) in [5.74, 6) is -1.01. The van der Waals surface area contributed by atoms with E-state index in [9.17, 15) is 17.6 Å². The highest BCUT2D eigenvalue weighted by Crippen LogP contribution is 2.32. The van der Waals surface area contributed by atoms with Gasteiger partial charge in [-0.1, -0.05) is 11.2 Å². The number of aromatic nitrogens is 6. The van der Waals surface area contributed by atoms with Gasteiger partial charge in [-0.3, -0.25) is 14.3 Å². The zero-order chi connectivity index (χ0) is 24.9. The first-order valence-electron chi connectivity index (χ1n) is 10.8. The van der Waals surface area contributed by atoms with Crippen molar-refractivity contribution >= 4 is 27.3 Å². The second kappa shape index (κ2) is 8.35. The van der Waals surface area contributed by atoms with Crippen LogP contribution in [0.15, 0.2) is 70.6 Å². The average Bonchev–Trinajstić information content (AvgIpc) is 3.60. The summed E-state index contributed by atoms with van der Waals surface area (Å²) in [6, 6.07) is 10.7. The number of carbonyl (C=O) groups is 1. The maximum atomic E-state index is 14.5. The zero-order valence-corrected chi connectivity index (χ0v) is 19.2. The van der Waals surface area contributed by atoms with Crippen LogP contribution in [0.25, 0.3) is 17.0 Å². The molecule has 0 atom stereocenters. The lowest BCUT2D eigenvalue weighted by Gasteiger charge is -2.35. The molecule has 36 heavy (non-hydrogen) atoms. The van der Waals surface area contributed by atoms with Gasteiger partial charge in [0, 0.05) is 31.0 Å². The molecule has 1 aliphatic rings. The molecule has 12 nitrogen and oxygen atoms in total. The van der Waals surface area contributed by atoms with Crippen LogP contribution in [-0.2, 0) is 10.0 Å². The molecule has 1 aliphatic heterocycles. The summed E-state index contributed by atoms with van der Waals surface area (Å²) >= 11 is 0. The van der Waals surface area contributed by atoms with E-state index >= 15 is 0 Å². The molecule has 1 saturated heterocycles. The lowest BCUT2D eigenvalue weighted by atomic mass is 10.0. The first kappa shape index (κ1) is 22.1. The molecule has 0 saturated carbocycles. The lowest BCUT2D eigenvalue weighted by molar-refractivity contribution is 0.102. The minimum Gasteiger partial charge on any atom is -0.339 e. The Morgan fingerprint density at radius 3 is 2.86 bits per heavy atom. The molecule has 1 amide bonds. The summed E-state index contributed by atoms with van der Waals surface area (Å²) in [6.45, 7) is 0.335. The molecule has 0 unspecified atom stereocenters. The van der Waals surface area contributed by atoms with Gasteiger partial charge in [-0.25, -0.2) is 17.8 Å². The highest BCUT2D eigenvalue weighted by molar-refractivity contribution is 7.89. The van der Waals surface area contributed by atoms with Crippen LogP contribution < -0.4 is 5.32 Å². The fourth-order valence-corrected chi connectivity index (χ4v) is 5.30. The van der Waals surface area contributed by atoms with Crippen LogP contribution in [0, 0.1) is 5.82 Å². The van der Waals surface area contributed by atoms with Crippen molar-refractivity contribution in [3.8, 4) is 11.4 Å². The number of benzene rings is 1. The Bertz CT molecular complexity index is 1690. The highest BCUT2D eigenvalue weighted by Gasteiger charge is 2.41. The third-order valence-electron chi connectivity index (χ3n) is 5.84. The Morgan fingerprint density at radius 1 is 1.19 bits per heavy atom. The number of imidazole rings is 1. The molecule has 5 aromatic rings. The Labute approximate surface area is 202 Å². The molecule has 1 fully saturated rings. The summed E-state index contributed by atoms with van der Waals surface area (Å²) < 4.78 is 47.7. The second-order valence-corrected chi connectivity index (χ2v) is 9.99. The number of rotatable bonds is 6. The predicted molar refractivity (Wildman–Crippen MR) is 123 cm³/mol. The van der Waals surface area contributed by atoms with Crippen LogP contribution >= 0.6 is 0 Å². The molecule has 0 radical (unpaired) electrons. The molecule has 4 aromatic heterocycles. The molecule has 182 valence electrons. The molecule has 0 aliphatic carbocycles. The van der Waals surface area contributed by atoms with E-state index in [1.54, 1.807) is 28.8 Å². The zero-order valence-electron chi connectivity index (χ0n) is 18.4. The average molecular weight is 508 g/mol. The van der Waals surface area contributed by atoms with Gasteiger partial charge in [-0.05, 0) is 36.4 Å². The van der Waals surface area contributed by atoms with Crippen molar-refractivity contribution in [2.75, 3.05) is 18.4 Å². The Morgan fingerprint density at radius 2 is 2.06 bits per heavy atom. The molecular formula is C22H17FN8O4S. The van der Waals surface area contributed by atoms with E-state index in [1.165, 1.54) is 41.0 Å². The number of amides is 1. The van der Waals surface area contributed by atoms with Crippen molar-refractivity contribution < 1.29 is 22.1 Å².